The highest BCUT2D eigenvalue weighted by Crippen LogP contribution is 2.37. The van der Waals surface area contributed by atoms with Crippen LogP contribution in [0.5, 0.6) is 0 Å². The number of hydrogen-bond donors (Lipinski definition) is 0. The molecule has 0 bridgehead atoms. The summed E-state index contributed by atoms with van der Waals surface area (Å²) in [6, 6.07) is 35.9. The van der Waals surface area contributed by atoms with E-state index in [0.717, 1.165) is 60.1 Å². The van der Waals surface area contributed by atoms with Gasteiger partial charge in [-0.05, 0) is 65.7 Å². The number of aromatic nitrogens is 3. The van der Waals surface area contributed by atoms with Crippen molar-refractivity contribution in [2.24, 2.45) is 0 Å². The van der Waals surface area contributed by atoms with Crippen LogP contribution in [-0.4, -0.2) is 15.0 Å². The van der Waals surface area contributed by atoms with E-state index in [4.69, 9.17) is 15.0 Å². The zero-order chi connectivity index (χ0) is 23.2. The van der Waals surface area contributed by atoms with E-state index in [1.807, 2.05) is 42.7 Å². The van der Waals surface area contributed by atoms with Crippen molar-refractivity contribution < 1.29 is 0 Å². The van der Waals surface area contributed by atoms with Crippen LogP contribution < -0.4 is 0 Å². The first-order valence-electron chi connectivity index (χ1n) is 11.5. The fourth-order valence-corrected chi connectivity index (χ4v) is 5.49. The molecule has 3 heterocycles. The van der Waals surface area contributed by atoms with Gasteiger partial charge in [0.2, 0.25) is 0 Å². The zero-order valence-electron chi connectivity index (χ0n) is 18.7. The van der Waals surface area contributed by atoms with Gasteiger partial charge >= 0.3 is 0 Å². The summed E-state index contributed by atoms with van der Waals surface area (Å²) in [5.74, 6) is 0. The fourth-order valence-electron chi connectivity index (χ4n) is 4.54. The Labute approximate surface area is 206 Å². The molecule has 4 heteroatoms. The van der Waals surface area contributed by atoms with Crippen molar-refractivity contribution in [3.05, 3.63) is 116 Å². The molecule has 0 saturated heterocycles. The Bertz CT molecular complexity index is 1740. The number of para-hydroxylation sites is 3. The Morgan fingerprint density at radius 1 is 0.457 bits per heavy atom. The predicted octanol–water partition coefficient (Wildman–Crippen LogP) is 8.39. The van der Waals surface area contributed by atoms with Gasteiger partial charge in [0.15, 0.2) is 0 Å². The fraction of sp³-hybridized carbons (Fsp3) is 0. The summed E-state index contributed by atoms with van der Waals surface area (Å²) in [6.07, 6.45) is 3.92. The summed E-state index contributed by atoms with van der Waals surface area (Å²) in [5, 5.41) is 3.27. The lowest BCUT2D eigenvalue weighted by Crippen LogP contribution is -1.88. The van der Waals surface area contributed by atoms with Gasteiger partial charge in [-0.2, -0.15) is 0 Å². The highest BCUT2D eigenvalue weighted by Gasteiger charge is 2.12. The Balaban J connectivity index is 1.45. The lowest BCUT2D eigenvalue weighted by molar-refractivity contribution is 1.39. The van der Waals surface area contributed by atoms with E-state index in [1.54, 1.807) is 11.3 Å². The highest BCUT2D eigenvalue weighted by atomic mass is 32.1. The molecule has 0 fully saturated rings. The first-order chi connectivity index (χ1) is 17.3. The Kier molecular flexibility index (Phi) is 4.64. The molecule has 0 radical (unpaired) electrons. The lowest BCUT2D eigenvalue weighted by atomic mass is 9.96. The molecule has 0 spiro atoms. The van der Waals surface area contributed by atoms with E-state index in [0.29, 0.717) is 0 Å². The van der Waals surface area contributed by atoms with Crippen molar-refractivity contribution in [2.45, 2.75) is 0 Å². The number of fused-ring (bicyclic) bond motifs is 3. The van der Waals surface area contributed by atoms with Gasteiger partial charge in [-0.25, -0.2) is 4.98 Å². The molecular formula is C31H19N3S. The molecule has 0 unspecified atom stereocenters. The minimum Gasteiger partial charge on any atom is -0.256 e. The molecule has 4 aromatic carbocycles. The van der Waals surface area contributed by atoms with Gasteiger partial charge in [-0.1, -0.05) is 48.5 Å². The van der Waals surface area contributed by atoms with E-state index in [1.165, 1.54) is 4.70 Å². The first kappa shape index (κ1) is 20.0. The summed E-state index contributed by atoms with van der Waals surface area (Å²) >= 11 is 1.72. The highest BCUT2D eigenvalue weighted by molar-refractivity contribution is 7.21. The molecule has 0 aliphatic rings. The first-order valence-corrected chi connectivity index (χ1v) is 12.3. The molecule has 3 aromatic heterocycles. The van der Waals surface area contributed by atoms with Gasteiger partial charge in [0.05, 0.1) is 21.3 Å². The van der Waals surface area contributed by atoms with E-state index < -0.39 is 0 Å². The van der Waals surface area contributed by atoms with E-state index >= 15 is 0 Å². The molecule has 0 atom stereocenters. The van der Waals surface area contributed by atoms with Crippen LogP contribution in [0, 0.1) is 0 Å². The Morgan fingerprint density at radius 2 is 0.971 bits per heavy atom. The molecule has 0 N–H and O–H groups in total. The maximum Gasteiger partial charge on any atom is 0.124 e. The van der Waals surface area contributed by atoms with Crippen molar-refractivity contribution in [1.82, 2.24) is 15.0 Å². The summed E-state index contributed by atoms with van der Waals surface area (Å²) < 4.78 is 1.19. The third-order valence-electron chi connectivity index (χ3n) is 6.32. The lowest BCUT2D eigenvalue weighted by Gasteiger charge is -2.11. The van der Waals surface area contributed by atoms with E-state index in [-0.39, 0.29) is 0 Å². The Morgan fingerprint density at radius 3 is 1.57 bits per heavy atom. The van der Waals surface area contributed by atoms with Crippen molar-refractivity contribution in [1.29, 1.82) is 0 Å². The van der Waals surface area contributed by atoms with Crippen LogP contribution in [-0.2, 0) is 0 Å². The molecule has 0 saturated carbocycles. The van der Waals surface area contributed by atoms with Crippen LogP contribution in [0.2, 0.25) is 0 Å². The smallest absolute Gasteiger partial charge is 0.124 e. The van der Waals surface area contributed by atoms with Crippen molar-refractivity contribution in [2.75, 3.05) is 0 Å². The van der Waals surface area contributed by atoms with Crippen LogP contribution in [0.25, 0.3) is 64.8 Å². The molecular weight excluding hydrogens is 446 g/mol. The normalized spacial score (nSPS) is 11.4. The summed E-state index contributed by atoms with van der Waals surface area (Å²) in [6.45, 7) is 0. The third-order valence-corrected chi connectivity index (χ3v) is 7.41. The number of pyridine rings is 2. The zero-order valence-corrected chi connectivity index (χ0v) is 19.5. The molecule has 3 nitrogen and oxygen atoms in total. The molecule has 35 heavy (non-hydrogen) atoms. The van der Waals surface area contributed by atoms with E-state index in [2.05, 4.69) is 72.8 Å². The molecule has 0 amide bonds. The van der Waals surface area contributed by atoms with Gasteiger partial charge < -0.3 is 0 Å². The second-order valence-electron chi connectivity index (χ2n) is 8.62. The van der Waals surface area contributed by atoms with Crippen molar-refractivity contribution in [3.8, 4) is 32.8 Å². The van der Waals surface area contributed by atoms with Crippen molar-refractivity contribution >= 4 is 43.4 Å². The quantitative estimate of drug-likeness (QED) is 0.263. The second kappa shape index (κ2) is 8.12. The SMILES string of the molecule is c1ccc2ncc(-c3cc(-c4cnc5ccccc5c4)cc(-c4nc5ccccc5s4)c3)cc2c1. The minimum atomic E-state index is 0.998. The van der Waals surface area contributed by atoms with Crippen LogP contribution in [0.4, 0.5) is 0 Å². The third kappa shape index (κ3) is 3.65. The van der Waals surface area contributed by atoms with Crippen LogP contribution in [0.1, 0.15) is 0 Å². The average molecular weight is 466 g/mol. The average Bonchev–Trinajstić information content (AvgIpc) is 3.37. The molecule has 7 aromatic rings. The molecule has 7 rings (SSSR count). The van der Waals surface area contributed by atoms with Crippen LogP contribution in [0.3, 0.4) is 0 Å². The number of thiazole rings is 1. The summed E-state index contributed by atoms with van der Waals surface area (Å²) in [5.41, 5.74) is 8.52. The molecule has 0 aliphatic carbocycles. The maximum absolute atomic E-state index is 4.94. The van der Waals surface area contributed by atoms with Crippen LogP contribution in [0.15, 0.2) is 116 Å². The monoisotopic (exact) mass is 465 g/mol. The molecule has 0 aliphatic heterocycles. The van der Waals surface area contributed by atoms with Gasteiger partial charge in [0, 0.05) is 39.9 Å². The second-order valence-corrected chi connectivity index (χ2v) is 9.65. The maximum atomic E-state index is 4.94. The standard InChI is InChI=1S/C31H19N3S/c1-3-9-27-20(7-1)13-25(18-32-27)22-15-23(26-14-21-8-2-4-10-28(21)33-19-26)17-24(16-22)31-34-29-11-5-6-12-30(29)35-31/h1-19H. The largest absolute Gasteiger partial charge is 0.256 e. The topological polar surface area (TPSA) is 38.7 Å². The van der Waals surface area contributed by atoms with Gasteiger partial charge in [0.25, 0.3) is 0 Å². The van der Waals surface area contributed by atoms with Crippen LogP contribution >= 0.6 is 11.3 Å². The Hall–Kier alpha value is -4.41. The van der Waals surface area contributed by atoms with Crippen molar-refractivity contribution in [3.63, 3.8) is 0 Å². The number of nitrogens with zero attached hydrogens (tertiary/aromatic N) is 3. The number of benzene rings is 4. The molecule has 164 valence electrons. The number of rotatable bonds is 3. The van der Waals surface area contributed by atoms with Gasteiger partial charge in [-0.15, -0.1) is 11.3 Å². The van der Waals surface area contributed by atoms with E-state index in [9.17, 15) is 0 Å². The predicted molar refractivity (Wildman–Crippen MR) is 147 cm³/mol. The summed E-state index contributed by atoms with van der Waals surface area (Å²) in [7, 11) is 0. The van der Waals surface area contributed by atoms with Gasteiger partial charge in [-0.3, -0.25) is 9.97 Å². The number of hydrogen-bond acceptors (Lipinski definition) is 4. The summed E-state index contributed by atoms with van der Waals surface area (Å²) in [4.78, 5) is 14.4. The minimum absolute atomic E-state index is 0.998. The van der Waals surface area contributed by atoms with Gasteiger partial charge in [0.1, 0.15) is 5.01 Å².